The van der Waals surface area contributed by atoms with Crippen LogP contribution in [0.3, 0.4) is 0 Å². The lowest BCUT2D eigenvalue weighted by Crippen LogP contribution is -2.28. The molecule has 0 radical (unpaired) electrons. The third kappa shape index (κ3) is 12.3. The molecular formula is C37H54N2O2. The van der Waals surface area contributed by atoms with Gasteiger partial charge in [0.05, 0.1) is 13.2 Å². The number of allylic oxidation sites excluding steroid dienone is 1. The van der Waals surface area contributed by atoms with Crippen molar-refractivity contribution in [3.8, 4) is 5.75 Å². The Labute approximate surface area is 250 Å². The van der Waals surface area contributed by atoms with Crippen LogP contribution in [-0.2, 0) is 17.8 Å². The molecule has 4 heteroatoms. The van der Waals surface area contributed by atoms with Gasteiger partial charge in [0.2, 0.25) is 5.91 Å². The number of amides is 1. The first-order valence-corrected chi connectivity index (χ1v) is 16.2. The predicted molar refractivity (Wildman–Crippen MR) is 175 cm³/mol. The standard InChI is InChI=1S/C37H54N2O2/c1-5-6-7-8-9-10-11-12-13-14-15-16-23-41-36-22-18-20-34(25-36)29-39(32(3)40)35-21-17-19-33(24-35)27-37(4)26-31(2)28-38-30-37/h17-22,24-26,28H,5-16,23,27,29-30H2,1-4H3. The van der Waals surface area contributed by atoms with Gasteiger partial charge in [-0.1, -0.05) is 115 Å². The molecule has 2 aromatic rings. The first kappa shape index (κ1) is 32.6. The summed E-state index contributed by atoms with van der Waals surface area (Å²) in [5, 5.41) is 0. The minimum absolute atomic E-state index is 0.00225. The molecule has 0 saturated heterocycles. The van der Waals surface area contributed by atoms with E-state index in [4.69, 9.17) is 4.74 Å². The Bertz CT molecular complexity index is 1120. The van der Waals surface area contributed by atoms with E-state index < -0.39 is 0 Å². The Kier molecular flexibility index (Phi) is 14.2. The molecule has 0 spiro atoms. The van der Waals surface area contributed by atoms with Crippen LogP contribution >= 0.6 is 0 Å². The maximum atomic E-state index is 12.7. The van der Waals surface area contributed by atoms with Crippen LogP contribution < -0.4 is 9.64 Å². The van der Waals surface area contributed by atoms with Crippen LogP contribution in [0.4, 0.5) is 5.69 Å². The van der Waals surface area contributed by atoms with E-state index >= 15 is 0 Å². The molecule has 3 rings (SSSR count). The van der Waals surface area contributed by atoms with Crippen LogP contribution in [0.1, 0.15) is 116 Å². The molecule has 0 fully saturated rings. The molecule has 1 aliphatic heterocycles. The number of anilines is 1. The highest BCUT2D eigenvalue weighted by Gasteiger charge is 2.24. The van der Waals surface area contributed by atoms with Crippen LogP contribution in [-0.4, -0.2) is 25.3 Å². The molecular weight excluding hydrogens is 504 g/mol. The van der Waals surface area contributed by atoms with Crippen molar-refractivity contribution in [2.45, 2.75) is 118 Å². The van der Waals surface area contributed by atoms with Crippen molar-refractivity contribution in [3.63, 3.8) is 0 Å². The van der Waals surface area contributed by atoms with E-state index in [1.807, 2.05) is 29.3 Å². The number of hydrogen-bond acceptors (Lipinski definition) is 3. The lowest BCUT2D eigenvalue weighted by atomic mass is 9.81. The first-order valence-electron chi connectivity index (χ1n) is 16.2. The molecule has 41 heavy (non-hydrogen) atoms. The number of aliphatic imine (C=N–C) groups is 1. The van der Waals surface area contributed by atoms with Crippen molar-refractivity contribution in [2.24, 2.45) is 10.4 Å². The van der Waals surface area contributed by atoms with E-state index in [9.17, 15) is 4.79 Å². The van der Waals surface area contributed by atoms with Gasteiger partial charge in [0.25, 0.3) is 0 Å². The maximum Gasteiger partial charge on any atom is 0.224 e. The molecule has 0 aromatic heterocycles. The largest absolute Gasteiger partial charge is 0.494 e. The van der Waals surface area contributed by atoms with Crippen LogP contribution in [0.5, 0.6) is 5.75 Å². The normalized spacial score (nSPS) is 16.4. The summed E-state index contributed by atoms with van der Waals surface area (Å²) in [5.41, 5.74) is 4.43. The third-order valence-electron chi connectivity index (χ3n) is 8.04. The van der Waals surface area contributed by atoms with Crippen LogP contribution in [0, 0.1) is 5.41 Å². The molecule has 4 nitrogen and oxygen atoms in total. The van der Waals surface area contributed by atoms with Gasteiger partial charge in [-0.25, -0.2) is 0 Å². The minimum atomic E-state index is -0.00225. The van der Waals surface area contributed by atoms with E-state index in [1.165, 1.54) is 81.8 Å². The second kappa shape index (κ2) is 17.8. The number of hydrogen-bond donors (Lipinski definition) is 0. The van der Waals surface area contributed by atoms with Gasteiger partial charge in [-0.2, -0.15) is 0 Å². The second-order valence-electron chi connectivity index (χ2n) is 12.3. The van der Waals surface area contributed by atoms with Gasteiger partial charge in [-0.05, 0) is 60.7 Å². The summed E-state index contributed by atoms with van der Waals surface area (Å²) in [6.45, 7) is 10.3. The van der Waals surface area contributed by atoms with E-state index in [2.05, 4.69) is 62.2 Å². The van der Waals surface area contributed by atoms with Crippen molar-refractivity contribution >= 4 is 17.8 Å². The van der Waals surface area contributed by atoms with Gasteiger partial charge in [0.1, 0.15) is 5.75 Å². The van der Waals surface area contributed by atoms with E-state index in [1.54, 1.807) is 6.92 Å². The molecule has 1 unspecified atom stereocenters. The number of ether oxygens (including phenoxy) is 1. The fraction of sp³-hybridized carbons (Fsp3) is 0.568. The predicted octanol–water partition coefficient (Wildman–Crippen LogP) is 9.90. The number of unbranched alkanes of at least 4 members (excludes halogenated alkanes) is 11. The molecule has 0 bridgehead atoms. The summed E-state index contributed by atoms with van der Waals surface area (Å²) in [7, 11) is 0. The quantitative estimate of drug-likeness (QED) is 0.161. The van der Waals surface area contributed by atoms with Crippen LogP contribution in [0.25, 0.3) is 0 Å². The number of nitrogens with zero attached hydrogens (tertiary/aromatic N) is 2. The summed E-state index contributed by atoms with van der Waals surface area (Å²) in [6, 6.07) is 16.6. The van der Waals surface area contributed by atoms with Gasteiger partial charge < -0.3 is 9.64 Å². The zero-order chi connectivity index (χ0) is 29.3. The lowest BCUT2D eigenvalue weighted by molar-refractivity contribution is -0.116. The molecule has 1 heterocycles. The third-order valence-corrected chi connectivity index (χ3v) is 8.04. The van der Waals surface area contributed by atoms with E-state index in [0.29, 0.717) is 6.54 Å². The molecule has 0 saturated carbocycles. The minimum Gasteiger partial charge on any atom is -0.494 e. The summed E-state index contributed by atoms with van der Waals surface area (Å²) in [6.07, 6.45) is 21.3. The summed E-state index contributed by atoms with van der Waals surface area (Å²) in [4.78, 5) is 19.1. The number of dihydropyridines is 1. The Hall–Kier alpha value is -2.88. The Morgan fingerprint density at radius 1 is 0.878 bits per heavy atom. The second-order valence-corrected chi connectivity index (χ2v) is 12.3. The van der Waals surface area contributed by atoms with Crippen molar-refractivity contribution in [2.75, 3.05) is 18.1 Å². The molecule has 1 amide bonds. The first-order chi connectivity index (χ1) is 19.9. The molecule has 0 aliphatic carbocycles. The zero-order valence-corrected chi connectivity index (χ0v) is 26.3. The van der Waals surface area contributed by atoms with Gasteiger partial charge in [0, 0.05) is 30.8 Å². The highest BCUT2D eigenvalue weighted by atomic mass is 16.5. The number of carbonyl (C=O) groups excluding carboxylic acids is 1. The SMILES string of the molecule is CCCCCCCCCCCCCCOc1cccc(CN(C(C)=O)c2cccc(CC3(C)C=C(C)C=NC3)c2)c1. The smallest absolute Gasteiger partial charge is 0.224 e. The van der Waals surface area contributed by atoms with Gasteiger partial charge >= 0.3 is 0 Å². The Morgan fingerprint density at radius 2 is 1.51 bits per heavy atom. The molecule has 0 N–H and O–H groups in total. The molecule has 1 atom stereocenters. The van der Waals surface area contributed by atoms with Crippen LogP contribution in [0.2, 0.25) is 0 Å². The lowest BCUT2D eigenvalue weighted by Gasteiger charge is -2.28. The van der Waals surface area contributed by atoms with Gasteiger partial charge in [-0.15, -0.1) is 0 Å². The Morgan fingerprint density at radius 3 is 2.17 bits per heavy atom. The average molecular weight is 559 g/mol. The van der Waals surface area contributed by atoms with E-state index in [-0.39, 0.29) is 11.3 Å². The topological polar surface area (TPSA) is 41.9 Å². The summed E-state index contributed by atoms with van der Waals surface area (Å²) < 4.78 is 6.09. The van der Waals surface area contributed by atoms with Crippen molar-refractivity contribution < 1.29 is 9.53 Å². The number of carbonyl (C=O) groups is 1. The van der Waals surface area contributed by atoms with Crippen molar-refractivity contribution in [3.05, 3.63) is 71.3 Å². The molecule has 224 valence electrons. The van der Waals surface area contributed by atoms with E-state index in [0.717, 1.165) is 43.0 Å². The van der Waals surface area contributed by atoms with Crippen molar-refractivity contribution in [1.29, 1.82) is 0 Å². The van der Waals surface area contributed by atoms with Crippen LogP contribution in [0.15, 0.2) is 65.2 Å². The van der Waals surface area contributed by atoms with Gasteiger partial charge in [-0.3, -0.25) is 9.79 Å². The zero-order valence-electron chi connectivity index (χ0n) is 26.3. The summed E-state index contributed by atoms with van der Waals surface area (Å²) >= 11 is 0. The average Bonchev–Trinajstić information content (AvgIpc) is 2.94. The molecule has 2 aromatic carbocycles. The Balaban J connectivity index is 1.42. The highest BCUT2D eigenvalue weighted by molar-refractivity contribution is 5.91. The number of benzene rings is 2. The fourth-order valence-corrected chi connectivity index (χ4v) is 5.87. The molecule has 1 aliphatic rings. The monoisotopic (exact) mass is 558 g/mol. The summed E-state index contributed by atoms with van der Waals surface area (Å²) in [5.74, 6) is 0.921. The van der Waals surface area contributed by atoms with Gasteiger partial charge in [0.15, 0.2) is 0 Å². The maximum absolute atomic E-state index is 12.7. The number of rotatable bonds is 19. The van der Waals surface area contributed by atoms with Crippen molar-refractivity contribution in [1.82, 2.24) is 0 Å². The highest BCUT2D eigenvalue weighted by Crippen LogP contribution is 2.30. The fourth-order valence-electron chi connectivity index (χ4n) is 5.87.